The maximum atomic E-state index is 11.5. The molecule has 0 unspecified atom stereocenters. The van der Waals surface area contributed by atoms with E-state index in [0.717, 1.165) is 26.4 Å². The van der Waals surface area contributed by atoms with Gasteiger partial charge in [0.2, 0.25) is 0 Å². The lowest BCUT2D eigenvalue weighted by molar-refractivity contribution is -0.187. The monoisotopic (exact) mass is 408 g/mol. The summed E-state index contributed by atoms with van der Waals surface area (Å²) in [6, 6.07) is 28.6. The molecular weight excluding hydrogens is 384 g/mol. The number of hydrogen-bond donors (Lipinski definition) is 0. The van der Waals surface area contributed by atoms with Gasteiger partial charge in [0.15, 0.2) is 0 Å². The van der Waals surface area contributed by atoms with Crippen molar-refractivity contribution in [2.24, 2.45) is 0 Å². The Bertz CT molecular complexity index is 744. The van der Waals surface area contributed by atoms with Crippen LogP contribution in [0.4, 0.5) is 0 Å². The van der Waals surface area contributed by atoms with E-state index >= 15 is 0 Å². The second-order valence-corrected chi connectivity index (χ2v) is 5.85. The summed E-state index contributed by atoms with van der Waals surface area (Å²) in [6.07, 6.45) is 0. The Labute approximate surface area is 175 Å². The fourth-order valence-electron chi connectivity index (χ4n) is 2.15. The molecule has 1 aliphatic heterocycles. The predicted octanol–water partition coefficient (Wildman–Crippen LogP) is 4.34. The number of ether oxygens (including phenoxy) is 2. The first-order valence-corrected chi connectivity index (χ1v) is 9.46. The number of benzene rings is 3. The van der Waals surface area contributed by atoms with Crippen LogP contribution in [0.3, 0.4) is 0 Å². The van der Waals surface area contributed by atoms with Crippen LogP contribution in [0, 0.1) is 0 Å². The van der Waals surface area contributed by atoms with Gasteiger partial charge in [0, 0.05) is 0 Å². The molecule has 1 fully saturated rings. The third kappa shape index (κ3) is 9.64. The lowest BCUT2D eigenvalue weighted by Gasteiger charge is -2.09. The van der Waals surface area contributed by atoms with Gasteiger partial charge in [0.25, 0.3) is 0 Å². The zero-order chi connectivity index (χ0) is 21.3. The van der Waals surface area contributed by atoms with Gasteiger partial charge >= 0.3 is 11.9 Å². The molecule has 0 aliphatic carbocycles. The number of rotatable bonds is 2. The van der Waals surface area contributed by atoms with Gasteiger partial charge in [-0.05, 0) is 24.3 Å². The van der Waals surface area contributed by atoms with E-state index in [0.29, 0.717) is 11.1 Å². The van der Waals surface area contributed by atoms with Gasteiger partial charge in [-0.25, -0.2) is 19.4 Å². The topological polar surface area (TPSA) is 71.1 Å². The Kier molecular flexibility index (Phi) is 11.0. The van der Waals surface area contributed by atoms with E-state index in [1.54, 1.807) is 60.7 Å². The zero-order valence-electron chi connectivity index (χ0n) is 16.5. The molecule has 0 amide bonds. The second-order valence-electron chi connectivity index (χ2n) is 5.85. The van der Waals surface area contributed by atoms with Crippen LogP contribution in [0.5, 0.6) is 0 Å². The summed E-state index contributed by atoms with van der Waals surface area (Å²) in [7, 11) is 0. The van der Waals surface area contributed by atoms with Crippen molar-refractivity contribution in [2.45, 2.75) is 0 Å². The molecule has 0 aromatic heterocycles. The maximum absolute atomic E-state index is 11.5. The molecule has 6 heteroatoms. The van der Waals surface area contributed by atoms with Crippen LogP contribution in [0.15, 0.2) is 97.1 Å². The fraction of sp³-hybridized carbons (Fsp3) is 0.167. The SMILES string of the molecule is C1COCCO1.O=C(OOC(=O)c1ccccc1)c1ccccc1.c1ccccc1. The molecule has 0 saturated carbocycles. The summed E-state index contributed by atoms with van der Waals surface area (Å²) >= 11 is 0. The Morgan fingerprint density at radius 3 is 1.03 bits per heavy atom. The van der Waals surface area contributed by atoms with E-state index in [1.165, 1.54) is 0 Å². The summed E-state index contributed by atoms with van der Waals surface area (Å²) in [6.45, 7) is 3.11. The van der Waals surface area contributed by atoms with Crippen LogP contribution >= 0.6 is 0 Å². The van der Waals surface area contributed by atoms with Gasteiger partial charge in [0.05, 0.1) is 37.6 Å². The third-order valence-electron chi connectivity index (χ3n) is 3.62. The van der Waals surface area contributed by atoms with Crippen molar-refractivity contribution in [3.8, 4) is 0 Å². The first-order chi connectivity index (χ1) is 14.8. The minimum Gasteiger partial charge on any atom is -0.377 e. The first kappa shape index (κ1) is 22.8. The molecule has 30 heavy (non-hydrogen) atoms. The highest BCUT2D eigenvalue weighted by atomic mass is 17.2. The van der Waals surface area contributed by atoms with Crippen LogP contribution in [0.1, 0.15) is 20.7 Å². The minimum atomic E-state index is -0.708. The van der Waals surface area contributed by atoms with Crippen molar-refractivity contribution < 1.29 is 28.8 Å². The lowest BCUT2D eigenvalue weighted by Crippen LogP contribution is -2.16. The van der Waals surface area contributed by atoms with E-state index in [1.807, 2.05) is 36.4 Å². The standard InChI is InChI=1S/C14H10O4.C6H6.C4H8O2/c15-13(11-7-3-1-4-8-11)17-18-14(16)12-9-5-2-6-10-12;1-2-4-6-5-3-1;1-2-6-4-3-5-1/h1-10H;1-6H;1-4H2. The van der Waals surface area contributed by atoms with Crippen molar-refractivity contribution in [3.05, 3.63) is 108 Å². The quantitative estimate of drug-likeness (QED) is 0.464. The summed E-state index contributed by atoms with van der Waals surface area (Å²) in [4.78, 5) is 31.9. The van der Waals surface area contributed by atoms with Crippen molar-refractivity contribution in [1.29, 1.82) is 0 Å². The summed E-state index contributed by atoms with van der Waals surface area (Å²) in [5, 5.41) is 0. The molecule has 0 N–H and O–H groups in total. The van der Waals surface area contributed by atoms with Crippen molar-refractivity contribution in [2.75, 3.05) is 26.4 Å². The first-order valence-electron chi connectivity index (χ1n) is 9.46. The van der Waals surface area contributed by atoms with Gasteiger partial charge in [-0.3, -0.25) is 0 Å². The highest BCUT2D eigenvalue weighted by molar-refractivity contribution is 5.92. The van der Waals surface area contributed by atoms with E-state index in [9.17, 15) is 9.59 Å². The summed E-state index contributed by atoms with van der Waals surface area (Å²) in [5.74, 6) is -1.42. The Hall–Kier alpha value is -3.48. The Balaban J connectivity index is 0.000000215. The van der Waals surface area contributed by atoms with E-state index < -0.39 is 11.9 Å². The lowest BCUT2D eigenvalue weighted by atomic mass is 10.2. The zero-order valence-corrected chi connectivity index (χ0v) is 16.5. The van der Waals surface area contributed by atoms with Gasteiger partial charge in [-0.15, -0.1) is 0 Å². The van der Waals surface area contributed by atoms with E-state index in [-0.39, 0.29) is 0 Å². The largest absolute Gasteiger partial charge is 0.386 e. The van der Waals surface area contributed by atoms with Gasteiger partial charge in [-0.1, -0.05) is 72.8 Å². The molecule has 0 bridgehead atoms. The Morgan fingerprint density at radius 2 is 0.767 bits per heavy atom. The van der Waals surface area contributed by atoms with Crippen molar-refractivity contribution in [3.63, 3.8) is 0 Å². The molecule has 1 aliphatic rings. The predicted molar refractivity (Wildman–Crippen MR) is 112 cm³/mol. The molecule has 1 heterocycles. The van der Waals surface area contributed by atoms with E-state index in [4.69, 9.17) is 9.47 Å². The highest BCUT2D eigenvalue weighted by Gasteiger charge is 2.13. The molecule has 156 valence electrons. The second kappa shape index (κ2) is 14.5. The average molecular weight is 408 g/mol. The van der Waals surface area contributed by atoms with Crippen LogP contribution in [-0.4, -0.2) is 38.4 Å². The molecule has 3 aromatic carbocycles. The van der Waals surface area contributed by atoms with E-state index in [2.05, 4.69) is 9.78 Å². The molecule has 6 nitrogen and oxygen atoms in total. The molecule has 1 saturated heterocycles. The van der Waals surface area contributed by atoms with Crippen LogP contribution in [-0.2, 0) is 19.2 Å². The molecule has 0 atom stereocenters. The van der Waals surface area contributed by atoms with Gasteiger partial charge in [0.1, 0.15) is 0 Å². The highest BCUT2D eigenvalue weighted by Crippen LogP contribution is 2.05. The maximum Gasteiger partial charge on any atom is 0.386 e. The van der Waals surface area contributed by atoms with Crippen molar-refractivity contribution in [1.82, 2.24) is 0 Å². The van der Waals surface area contributed by atoms with Gasteiger partial charge < -0.3 is 9.47 Å². The third-order valence-corrected chi connectivity index (χ3v) is 3.62. The van der Waals surface area contributed by atoms with Crippen LogP contribution < -0.4 is 0 Å². The number of carbonyl (C=O) groups is 2. The number of hydrogen-bond acceptors (Lipinski definition) is 6. The minimum absolute atomic E-state index is 0.318. The average Bonchev–Trinajstić information content (AvgIpc) is 2.86. The van der Waals surface area contributed by atoms with Gasteiger partial charge in [-0.2, -0.15) is 0 Å². The summed E-state index contributed by atoms with van der Waals surface area (Å²) in [5.41, 5.74) is 0.636. The fourth-order valence-corrected chi connectivity index (χ4v) is 2.15. The molecule has 4 rings (SSSR count). The van der Waals surface area contributed by atoms with Crippen molar-refractivity contribution >= 4 is 11.9 Å². The van der Waals surface area contributed by atoms with Crippen LogP contribution in [0.25, 0.3) is 0 Å². The number of carbonyl (C=O) groups excluding carboxylic acids is 2. The smallest absolute Gasteiger partial charge is 0.377 e. The molecule has 3 aromatic rings. The molecule has 0 radical (unpaired) electrons. The summed E-state index contributed by atoms with van der Waals surface area (Å²) < 4.78 is 9.89. The normalized spacial score (nSPS) is 12.1. The molecular formula is C24H24O6. The van der Waals surface area contributed by atoms with Crippen LogP contribution in [0.2, 0.25) is 0 Å². The molecule has 0 spiro atoms. The Morgan fingerprint density at radius 1 is 0.500 bits per heavy atom.